The maximum atomic E-state index is 12.8. The van der Waals surface area contributed by atoms with Gasteiger partial charge in [0.1, 0.15) is 6.54 Å². The van der Waals surface area contributed by atoms with E-state index in [9.17, 15) is 9.59 Å². The highest BCUT2D eigenvalue weighted by Gasteiger charge is 2.18. The molecule has 30 heavy (non-hydrogen) atoms. The molecule has 0 spiro atoms. The Labute approximate surface area is 180 Å². The van der Waals surface area contributed by atoms with E-state index in [0.29, 0.717) is 10.6 Å². The van der Waals surface area contributed by atoms with Gasteiger partial charge in [-0.15, -0.1) is 0 Å². The van der Waals surface area contributed by atoms with Crippen molar-refractivity contribution in [3.05, 3.63) is 64.4 Å². The Bertz CT molecular complexity index is 1120. The summed E-state index contributed by atoms with van der Waals surface area (Å²) < 4.78 is 2.00. The van der Waals surface area contributed by atoms with E-state index in [-0.39, 0.29) is 24.9 Å². The molecule has 0 saturated heterocycles. The highest BCUT2D eigenvalue weighted by molar-refractivity contribution is 7.71. The molecule has 2 N–H and O–H groups in total. The van der Waals surface area contributed by atoms with Crippen LogP contribution in [0.15, 0.2) is 48.5 Å². The number of hydrogen-bond donors (Lipinski definition) is 2. The van der Waals surface area contributed by atoms with Gasteiger partial charge in [-0.2, -0.15) is 5.10 Å². The zero-order valence-corrected chi connectivity index (χ0v) is 18.1. The molecule has 0 bridgehead atoms. The molecule has 0 aliphatic heterocycles. The molecule has 1 heterocycles. The summed E-state index contributed by atoms with van der Waals surface area (Å²) in [6, 6.07) is 15.5. The van der Waals surface area contributed by atoms with Gasteiger partial charge in [0, 0.05) is 18.3 Å². The number of anilines is 1. The molecular formula is C22H25N5O2S. The highest BCUT2D eigenvalue weighted by atomic mass is 32.1. The average molecular weight is 424 g/mol. The lowest BCUT2D eigenvalue weighted by Crippen LogP contribution is -2.37. The van der Waals surface area contributed by atoms with Crippen LogP contribution in [-0.2, 0) is 22.6 Å². The van der Waals surface area contributed by atoms with Crippen molar-refractivity contribution in [1.29, 1.82) is 0 Å². The molecular weight excluding hydrogens is 398 g/mol. The lowest BCUT2D eigenvalue weighted by Gasteiger charge is -2.18. The van der Waals surface area contributed by atoms with Crippen LogP contribution in [0.1, 0.15) is 18.1 Å². The number of nitrogens with one attached hydrogen (secondary N) is 2. The molecule has 8 heteroatoms. The van der Waals surface area contributed by atoms with Gasteiger partial charge in [0.05, 0.1) is 6.54 Å². The van der Waals surface area contributed by atoms with Crippen molar-refractivity contribution < 1.29 is 9.59 Å². The molecule has 0 unspecified atom stereocenters. The molecule has 0 fully saturated rings. The van der Waals surface area contributed by atoms with Gasteiger partial charge >= 0.3 is 0 Å². The first-order chi connectivity index (χ1) is 14.4. The van der Waals surface area contributed by atoms with Crippen LogP contribution in [0.25, 0.3) is 11.4 Å². The number of amides is 2. The minimum atomic E-state index is -0.249. The Hall–Kier alpha value is -3.26. The van der Waals surface area contributed by atoms with Crippen molar-refractivity contribution in [3.63, 3.8) is 0 Å². The first-order valence-electron chi connectivity index (χ1n) is 9.73. The number of H-pyrrole nitrogens is 1. The average Bonchev–Trinajstić information content (AvgIpc) is 3.08. The first kappa shape index (κ1) is 21.4. The van der Waals surface area contributed by atoms with Gasteiger partial charge in [-0.1, -0.05) is 48.9 Å². The Morgan fingerprint density at radius 3 is 2.70 bits per heavy atom. The van der Waals surface area contributed by atoms with E-state index in [0.717, 1.165) is 28.8 Å². The maximum Gasteiger partial charge on any atom is 0.243 e. The van der Waals surface area contributed by atoms with E-state index in [2.05, 4.69) is 15.5 Å². The second kappa shape index (κ2) is 9.49. The molecule has 7 nitrogen and oxygen atoms in total. The highest BCUT2D eigenvalue weighted by Crippen LogP contribution is 2.19. The summed E-state index contributed by atoms with van der Waals surface area (Å²) in [7, 11) is 1.60. The normalized spacial score (nSPS) is 10.6. The van der Waals surface area contributed by atoms with Crippen molar-refractivity contribution in [1.82, 2.24) is 19.7 Å². The van der Waals surface area contributed by atoms with E-state index >= 15 is 0 Å². The third-order valence-corrected chi connectivity index (χ3v) is 5.12. The van der Waals surface area contributed by atoms with E-state index < -0.39 is 0 Å². The lowest BCUT2D eigenvalue weighted by molar-refractivity contribution is -0.133. The Morgan fingerprint density at radius 1 is 1.20 bits per heavy atom. The second-order valence-electron chi connectivity index (χ2n) is 7.12. The molecule has 1 aromatic heterocycles. The molecule has 0 saturated carbocycles. The fourth-order valence-corrected chi connectivity index (χ4v) is 3.37. The largest absolute Gasteiger partial charge is 0.335 e. The summed E-state index contributed by atoms with van der Waals surface area (Å²) in [5.41, 5.74) is 3.77. The molecule has 2 amide bonds. The van der Waals surface area contributed by atoms with Crippen LogP contribution in [0.5, 0.6) is 0 Å². The maximum absolute atomic E-state index is 12.8. The number of aromatic nitrogens is 3. The Kier molecular flexibility index (Phi) is 6.79. The fourth-order valence-electron chi connectivity index (χ4n) is 3.17. The zero-order valence-electron chi connectivity index (χ0n) is 17.3. The summed E-state index contributed by atoms with van der Waals surface area (Å²) in [5, 5.41) is 9.90. The van der Waals surface area contributed by atoms with Crippen LogP contribution in [0.4, 0.5) is 5.69 Å². The van der Waals surface area contributed by atoms with Gasteiger partial charge in [-0.25, -0.2) is 0 Å². The quantitative estimate of drug-likeness (QED) is 0.569. The van der Waals surface area contributed by atoms with Gasteiger partial charge in [-0.05, 0) is 43.3 Å². The van der Waals surface area contributed by atoms with Crippen LogP contribution >= 0.6 is 12.2 Å². The smallest absolute Gasteiger partial charge is 0.243 e. The number of aryl methyl sites for hydroxylation is 2. The van der Waals surface area contributed by atoms with E-state index in [4.69, 9.17) is 12.2 Å². The summed E-state index contributed by atoms with van der Waals surface area (Å²) >= 11 is 5.31. The van der Waals surface area contributed by atoms with Gasteiger partial charge in [-0.3, -0.25) is 19.3 Å². The van der Waals surface area contributed by atoms with Crippen molar-refractivity contribution in [2.24, 2.45) is 0 Å². The van der Waals surface area contributed by atoms with E-state index in [1.165, 1.54) is 4.90 Å². The standard InChI is InChI=1S/C22H25N5O2S/c1-4-16-9-5-6-11-18(16)23-19(28)13-26(3)20(29)14-27-21(24-25-22(27)30)17-10-7-8-15(2)12-17/h5-12H,4,13-14H2,1-3H3,(H,23,28)(H,25,30). The van der Waals surface area contributed by atoms with Crippen molar-refractivity contribution in [3.8, 4) is 11.4 Å². The van der Waals surface area contributed by atoms with Crippen LogP contribution in [0.3, 0.4) is 0 Å². The third kappa shape index (κ3) is 5.01. The number of nitrogens with zero attached hydrogens (tertiary/aromatic N) is 3. The number of aromatic amines is 1. The van der Waals surface area contributed by atoms with Crippen molar-refractivity contribution >= 4 is 29.7 Å². The molecule has 2 aromatic carbocycles. The molecule has 3 rings (SSSR count). The van der Waals surface area contributed by atoms with Crippen LogP contribution in [0.2, 0.25) is 0 Å². The number of likely N-dealkylation sites (N-methyl/N-ethyl adjacent to an activating group) is 1. The Morgan fingerprint density at radius 2 is 1.97 bits per heavy atom. The molecule has 0 aliphatic carbocycles. The van der Waals surface area contributed by atoms with E-state index in [1.54, 1.807) is 11.6 Å². The molecule has 3 aromatic rings. The van der Waals surface area contributed by atoms with Gasteiger partial charge < -0.3 is 10.2 Å². The summed E-state index contributed by atoms with van der Waals surface area (Å²) in [6.45, 7) is 3.96. The molecule has 0 radical (unpaired) electrons. The topological polar surface area (TPSA) is 83.0 Å². The summed E-state index contributed by atoms with van der Waals surface area (Å²) in [6.07, 6.45) is 0.811. The molecule has 0 atom stereocenters. The number of hydrogen-bond acceptors (Lipinski definition) is 4. The minimum absolute atomic E-state index is 0.00602. The minimum Gasteiger partial charge on any atom is -0.335 e. The van der Waals surface area contributed by atoms with Crippen molar-refractivity contribution in [2.75, 3.05) is 18.9 Å². The van der Waals surface area contributed by atoms with Crippen molar-refractivity contribution in [2.45, 2.75) is 26.8 Å². The second-order valence-corrected chi connectivity index (χ2v) is 7.50. The number of carbonyl (C=O) groups is 2. The van der Waals surface area contributed by atoms with Crippen LogP contribution < -0.4 is 5.32 Å². The van der Waals surface area contributed by atoms with Gasteiger partial charge in [0.2, 0.25) is 11.8 Å². The van der Waals surface area contributed by atoms with Gasteiger partial charge in [0.25, 0.3) is 0 Å². The number of benzene rings is 2. The summed E-state index contributed by atoms with van der Waals surface area (Å²) in [5.74, 6) is 0.105. The first-order valence-corrected chi connectivity index (χ1v) is 10.1. The predicted molar refractivity (Wildman–Crippen MR) is 120 cm³/mol. The SMILES string of the molecule is CCc1ccccc1NC(=O)CN(C)C(=O)Cn1c(-c2cccc(C)c2)n[nH]c1=S. The van der Waals surface area contributed by atoms with Crippen LogP contribution in [0, 0.1) is 11.7 Å². The number of carbonyl (C=O) groups excluding carboxylic acids is 2. The predicted octanol–water partition coefficient (Wildman–Crippen LogP) is 3.58. The van der Waals surface area contributed by atoms with Gasteiger partial charge in [0.15, 0.2) is 10.6 Å². The molecule has 156 valence electrons. The van der Waals surface area contributed by atoms with E-state index in [1.807, 2.05) is 62.4 Å². The number of rotatable bonds is 7. The lowest BCUT2D eigenvalue weighted by atomic mass is 10.1. The fraction of sp³-hybridized carbons (Fsp3) is 0.273. The monoisotopic (exact) mass is 423 g/mol. The zero-order chi connectivity index (χ0) is 21.7. The molecule has 0 aliphatic rings. The summed E-state index contributed by atoms with van der Waals surface area (Å²) in [4.78, 5) is 26.6. The van der Waals surface area contributed by atoms with Crippen LogP contribution in [-0.4, -0.2) is 45.1 Å². The third-order valence-electron chi connectivity index (χ3n) is 4.81. The Balaban J connectivity index is 1.68. The number of para-hydroxylation sites is 1.